The van der Waals surface area contributed by atoms with Gasteiger partial charge in [-0.15, -0.1) is 0 Å². The summed E-state index contributed by atoms with van der Waals surface area (Å²) in [5.41, 5.74) is 2.04. The van der Waals surface area contributed by atoms with Gasteiger partial charge in [0.2, 0.25) is 5.91 Å². The molecule has 4 nitrogen and oxygen atoms in total. The van der Waals surface area contributed by atoms with Gasteiger partial charge >= 0.3 is 0 Å². The lowest BCUT2D eigenvalue weighted by Crippen LogP contribution is -2.14. The number of amides is 1. The van der Waals surface area contributed by atoms with Gasteiger partial charge in [-0.25, -0.2) is 9.97 Å². The predicted molar refractivity (Wildman–Crippen MR) is 81.9 cm³/mol. The van der Waals surface area contributed by atoms with Crippen LogP contribution in [0, 0.1) is 0 Å². The molecule has 0 saturated carbocycles. The topological polar surface area (TPSA) is 54.9 Å². The normalized spacial score (nSPS) is 10.6. The van der Waals surface area contributed by atoms with Gasteiger partial charge < -0.3 is 5.32 Å². The molecule has 2 rings (SSSR count). The second-order valence-electron chi connectivity index (χ2n) is 4.65. The fraction of sp³-hybridized carbons (Fsp3) is 0.267. The SMILES string of the molecule is CC(C)c1cccc(NC(=O)CSc2ncccn2)c1. The van der Waals surface area contributed by atoms with E-state index in [1.165, 1.54) is 17.3 Å². The van der Waals surface area contributed by atoms with Crippen LogP contribution in [-0.2, 0) is 4.79 Å². The molecule has 0 spiro atoms. The molecule has 1 N–H and O–H groups in total. The number of hydrogen-bond donors (Lipinski definition) is 1. The average molecular weight is 287 g/mol. The fourth-order valence-electron chi connectivity index (χ4n) is 1.66. The third-order valence-electron chi connectivity index (χ3n) is 2.71. The molecule has 2 aromatic rings. The van der Waals surface area contributed by atoms with Crippen molar-refractivity contribution in [2.75, 3.05) is 11.1 Å². The zero-order chi connectivity index (χ0) is 14.4. The summed E-state index contributed by atoms with van der Waals surface area (Å²) in [7, 11) is 0. The van der Waals surface area contributed by atoms with Crippen molar-refractivity contribution in [2.24, 2.45) is 0 Å². The second-order valence-corrected chi connectivity index (χ2v) is 5.59. The summed E-state index contributed by atoms with van der Waals surface area (Å²) in [6.45, 7) is 4.26. The summed E-state index contributed by atoms with van der Waals surface area (Å²) >= 11 is 1.32. The zero-order valence-electron chi connectivity index (χ0n) is 11.5. The van der Waals surface area contributed by atoms with Crippen LogP contribution in [0.3, 0.4) is 0 Å². The van der Waals surface area contributed by atoms with E-state index < -0.39 is 0 Å². The van der Waals surface area contributed by atoms with Crippen molar-refractivity contribution in [3.05, 3.63) is 48.3 Å². The van der Waals surface area contributed by atoms with Crippen molar-refractivity contribution in [3.8, 4) is 0 Å². The molecule has 0 fully saturated rings. The van der Waals surface area contributed by atoms with Crippen LogP contribution in [0.4, 0.5) is 5.69 Å². The number of thioether (sulfide) groups is 1. The molecule has 1 heterocycles. The summed E-state index contributed by atoms with van der Waals surface area (Å²) in [4.78, 5) is 20.0. The van der Waals surface area contributed by atoms with Crippen molar-refractivity contribution in [1.29, 1.82) is 0 Å². The lowest BCUT2D eigenvalue weighted by Gasteiger charge is -2.09. The van der Waals surface area contributed by atoms with Crippen LogP contribution in [0.25, 0.3) is 0 Å². The number of carbonyl (C=O) groups excluding carboxylic acids is 1. The zero-order valence-corrected chi connectivity index (χ0v) is 12.4. The maximum atomic E-state index is 11.9. The Morgan fingerprint density at radius 2 is 2.00 bits per heavy atom. The molecule has 0 aliphatic carbocycles. The smallest absolute Gasteiger partial charge is 0.234 e. The van der Waals surface area contributed by atoms with E-state index in [9.17, 15) is 4.79 Å². The first-order valence-corrected chi connectivity index (χ1v) is 7.43. The van der Waals surface area contributed by atoms with Crippen molar-refractivity contribution >= 4 is 23.4 Å². The summed E-state index contributed by atoms with van der Waals surface area (Å²) in [6, 6.07) is 9.67. The van der Waals surface area contributed by atoms with Crippen LogP contribution >= 0.6 is 11.8 Å². The molecule has 0 bridgehead atoms. The van der Waals surface area contributed by atoms with E-state index in [4.69, 9.17) is 0 Å². The quantitative estimate of drug-likeness (QED) is 0.677. The van der Waals surface area contributed by atoms with E-state index in [2.05, 4.69) is 35.2 Å². The molecule has 5 heteroatoms. The maximum Gasteiger partial charge on any atom is 0.234 e. The highest BCUT2D eigenvalue weighted by molar-refractivity contribution is 7.99. The summed E-state index contributed by atoms with van der Waals surface area (Å²) in [5.74, 6) is 0.693. The van der Waals surface area contributed by atoms with Crippen molar-refractivity contribution in [1.82, 2.24) is 9.97 Å². The van der Waals surface area contributed by atoms with Crippen molar-refractivity contribution < 1.29 is 4.79 Å². The van der Waals surface area contributed by atoms with E-state index in [0.717, 1.165) is 5.69 Å². The Hall–Kier alpha value is -1.88. The Bertz CT molecular complexity index is 572. The van der Waals surface area contributed by atoms with Crippen LogP contribution < -0.4 is 5.32 Å². The highest BCUT2D eigenvalue weighted by atomic mass is 32.2. The van der Waals surface area contributed by atoms with Gasteiger partial charge in [0.05, 0.1) is 5.75 Å². The summed E-state index contributed by atoms with van der Waals surface area (Å²) in [5, 5.41) is 3.50. The van der Waals surface area contributed by atoms with Crippen LogP contribution in [0.15, 0.2) is 47.9 Å². The number of hydrogen-bond acceptors (Lipinski definition) is 4. The minimum absolute atomic E-state index is 0.0524. The van der Waals surface area contributed by atoms with Crippen LogP contribution in [0.2, 0.25) is 0 Å². The van der Waals surface area contributed by atoms with Gasteiger partial charge in [0.25, 0.3) is 0 Å². The first-order chi connectivity index (χ1) is 9.65. The standard InChI is InChI=1S/C15H17N3OS/c1-11(2)12-5-3-6-13(9-12)18-14(19)10-20-15-16-7-4-8-17-15/h3-9,11H,10H2,1-2H3,(H,18,19). The molecule has 0 aliphatic heterocycles. The molecule has 1 amide bonds. The minimum atomic E-state index is -0.0524. The molecular formula is C15H17N3OS. The number of nitrogens with one attached hydrogen (secondary N) is 1. The first-order valence-electron chi connectivity index (χ1n) is 6.45. The lowest BCUT2D eigenvalue weighted by molar-refractivity contribution is -0.113. The third kappa shape index (κ3) is 4.35. The minimum Gasteiger partial charge on any atom is -0.325 e. The third-order valence-corrected chi connectivity index (χ3v) is 3.59. The van der Waals surface area contributed by atoms with Gasteiger partial charge in [0.15, 0.2) is 5.16 Å². The molecule has 20 heavy (non-hydrogen) atoms. The number of nitrogens with zero attached hydrogens (tertiary/aromatic N) is 2. The van der Waals surface area contributed by atoms with Crippen LogP contribution in [0.1, 0.15) is 25.3 Å². The molecule has 1 aromatic heterocycles. The number of anilines is 1. The van der Waals surface area contributed by atoms with Crippen LogP contribution in [0.5, 0.6) is 0 Å². The fourth-order valence-corrected chi connectivity index (χ4v) is 2.27. The number of carbonyl (C=O) groups is 1. The maximum absolute atomic E-state index is 11.9. The average Bonchev–Trinajstić information content (AvgIpc) is 2.46. The van der Waals surface area contributed by atoms with E-state index in [-0.39, 0.29) is 5.91 Å². The predicted octanol–water partition coefficient (Wildman–Crippen LogP) is 3.33. The molecule has 0 saturated heterocycles. The van der Waals surface area contributed by atoms with E-state index in [0.29, 0.717) is 16.8 Å². The largest absolute Gasteiger partial charge is 0.325 e. The van der Waals surface area contributed by atoms with Crippen LogP contribution in [-0.4, -0.2) is 21.6 Å². The number of benzene rings is 1. The summed E-state index contributed by atoms with van der Waals surface area (Å²) < 4.78 is 0. The Balaban J connectivity index is 1.90. The van der Waals surface area contributed by atoms with Crippen molar-refractivity contribution in [2.45, 2.75) is 24.9 Å². The van der Waals surface area contributed by atoms with Gasteiger partial charge in [-0.2, -0.15) is 0 Å². The van der Waals surface area contributed by atoms with E-state index in [1.807, 2.05) is 18.2 Å². The lowest BCUT2D eigenvalue weighted by atomic mass is 10.0. The highest BCUT2D eigenvalue weighted by Gasteiger charge is 2.06. The van der Waals surface area contributed by atoms with E-state index in [1.54, 1.807) is 18.5 Å². The number of rotatable bonds is 5. The molecule has 104 valence electrons. The molecule has 0 unspecified atom stereocenters. The number of aromatic nitrogens is 2. The molecule has 0 aliphatic rings. The molecular weight excluding hydrogens is 270 g/mol. The first kappa shape index (κ1) is 14.5. The van der Waals surface area contributed by atoms with Gasteiger partial charge in [0, 0.05) is 18.1 Å². The van der Waals surface area contributed by atoms with Gasteiger partial charge in [-0.1, -0.05) is 37.7 Å². The molecule has 1 aromatic carbocycles. The summed E-state index contributed by atoms with van der Waals surface area (Å²) in [6.07, 6.45) is 3.33. The Kier molecular flexibility index (Phi) is 5.12. The van der Waals surface area contributed by atoms with E-state index >= 15 is 0 Å². The van der Waals surface area contributed by atoms with Gasteiger partial charge in [-0.3, -0.25) is 4.79 Å². The molecule has 0 atom stereocenters. The Labute approximate surface area is 123 Å². The van der Waals surface area contributed by atoms with Crippen molar-refractivity contribution in [3.63, 3.8) is 0 Å². The highest BCUT2D eigenvalue weighted by Crippen LogP contribution is 2.19. The Morgan fingerprint density at radius 3 is 2.70 bits per heavy atom. The monoisotopic (exact) mass is 287 g/mol. The molecule has 0 radical (unpaired) electrons. The second kappa shape index (κ2) is 7.05. The van der Waals surface area contributed by atoms with Gasteiger partial charge in [0.1, 0.15) is 0 Å². The van der Waals surface area contributed by atoms with Gasteiger partial charge in [-0.05, 0) is 29.7 Å². The Morgan fingerprint density at radius 1 is 1.25 bits per heavy atom.